The largest absolute Gasteiger partial charge is 0.491 e. The van der Waals surface area contributed by atoms with Crippen LogP contribution in [0.15, 0.2) is 18.2 Å². The normalized spacial score (nSPS) is 9.80. The van der Waals surface area contributed by atoms with E-state index in [1.807, 2.05) is 0 Å². The Bertz CT molecular complexity index is 355. The minimum atomic E-state index is -0.413. The maximum atomic E-state index is 11.2. The molecule has 0 aliphatic carbocycles. The van der Waals surface area contributed by atoms with Crippen molar-refractivity contribution in [3.63, 3.8) is 0 Å². The number of hydrogen-bond acceptors (Lipinski definition) is 3. The van der Waals surface area contributed by atoms with Gasteiger partial charge in [0.05, 0.1) is 24.3 Å². The lowest BCUT2D eigenvalue weighted by Gasteiger charge is -2.07. The van der Waals surface area contributed by atoms with E-state index in [0.29, 0.717) is 22.9 Å². The van der Waals surface area contributed by atoms with Crippen LogP contribution in [-0.2, 0) is 4.74 Å². The van der Waals surface area contributed by atoms with Gasteiger partial charge >= 0.3 is 5.97 Å². The first-order valence-electron chi connectivity index (χ1n) is 4.25. The Labute approximate surface area is 101 Å². The molecule has 0 radical (unpaired) electrons. The van der Waals surface area contributed by atoms with Crippen LogP contribution in [0.2, 0.25) is 5.02 Å². The van der Waals surface area contributed by atoms with Crippen molar-refractivity contribution in [2.24, 2.45) is 0 Å². The standard InChI is InChI=1S/C10H10BrClO3/c1-14-10(13)7-2-3-9(8(12)6-7)15-5-4-11/h2-3,6H,4-5H2,1H3. The van der Waals surface area contributed by atoms with Gasteiger partial charge in [0.1, 0.15) is 5.75 Å². The molecule has 3 nitrogen and oxygen atoms in total. The lowest BCUT2D eigenvalue weighted by Crippen LogP contribution is -2.02. The molecule has 0 saturated carbocycles. The summed E-state index contributed by atoms with van der Waals surface area (Å²) in [4.78, 5) is 11.2. The molecule has 0 heterocycles. The molecule has 5 heteroatoms. The average Bonchev–Trinajstić information content (AvgIpc) is 2.26. The van der Waals surface area contributed by atoms with E-state index in [9.17, 15) is 4.79 Å². The Morgan fingerprint density at radius 1 is 1.53 bits per heavy atom. The molecule has 0 fully saturated rings. The van der Waals surface area contributed by atoms with E-state index in [1.165, 1.54) is 13.2 Å². The summed E-state index contributed by atoms with van der Waals surface area (Å²) in [6.45, 7) is 0.525. The number of rotatable bonds is 4. The van der Waals surface area contributed by atoms with E-state index < -0.39 is 5.97 Å². The van der Waals surface area contributed by atoms with Gasteiger partial charge < -0.3 is 9.47 Å². The van der Waals surface area contributed by atoms with Crippen LogP contribution in [-0.4, -0.2) is 25.0 Å². The summed E-state index contributed by atoms with van der Waals surface area (Å²) in [5.41, 5.74) is 0.411. The molecule has 0 saturated heterocycles. The van der Waals surface area contributed by atoms with Gasteiger partial charge in [0, 0.05) is 5.33 Å². The number of alkyl halides is 1. The highest BCUT2D eigenvalue weighted by Gasteiger charge is 2.08. The van der Waals surface area contributed by atoms with Crippen molar-refractivity contribution in [1.82, 2.24) is 0 Å². The fourth-order valence-corrected chi connectivity index (χ4v) is 1.41. The first kappa shape index (κ1) is 12.3. The highest BCUT2D eigenvalue weighted by molar-refractivity contribution is 9.09. The van der Waals surface area contributed by atoms with Crippen LogP contribution >= 0.6 is 27.5 Å². The predicted molar refractivity (Wildman–Crippen MR) is 62.1 cm³/mol. The first-order chi connectivity index (χ1) is 7.19. The lowest BCUT2D eigenvalue weighted by atomic mass is 10.2. The van der Waals surface area contributed by atoms with Crippen molar-refractivity contribution in [1.29, 1.82) is 0 Å². The average molecular weight is 294 g/mol. The molecule has 0 unspecified atom stereocenters. The van der Waals surface area contributed by atoms with Gasteiger partial charge in [-0.1, -0.05) is 27.5 Å². The summed E-state index contributed by atoms with van der Waals surface area (Å²) in [6.07, 6.45) is 0. The summed E-state index contributed by atoms with van der Waals surface area (Å²) < 4.78 is 9.89. The third-order valence-corrected chi connectivity index (χ3v) is 2.31. The molecular weight excluding hydrogens is 283 g/mol. The molecule has 15 heavy (non-hydrogen) atoms. The fraction of sp³-hybridized carbons (Fsp3) is 0.300. The van der Waals surface area contributed by atoms with E-state index in [2.05, 4.69) is 20.7 Å². The summed E-state index contributed by atoms with van der Waals surface area (Å²) in [5.74, 6) is 0.146. The molecule has 1 aromatic carbocycles. The second-order valence-electron chi connectivity index (χ2n) is 2.67. The van der Waals surface area contributed by atoms with Crippen LogP contribution in [0.1, 0.15) is 10.4 Å². The Balaban J connectivity index is 2.83. The zero-order valence-electron chi connectivity index (χ0n) is 8.13. The Hall–Kier alpha value is -0.740. The van der Waals surface area contributed by atoms with Gasteiger partial charge in [0.25, 0.3) is 0 Å². The highest BCUT2D eigenvalue weighted by Crippen LogP contribution is 2.25. The van der Waals surface area contributed by atoms with Crippen molar-refractivity contribution < 1.29 is 14.3 Å². The summed E-state index contributed by atoms with van der Waals surface area (Å²) >= 11 is 9.16. The topological polar surface area (TPSA) is 35.5 Å². The van der Waals surface area contributed by atoms with Crippen molar-refractivity contribution >= 4 is 33.5 Å². The number of benzene rings is 1. The van der Waals surface area contributed by atoms with Crippen LogP contribution in [0.25, 0.3) is 0 Å². The predicted octanol–water partition coefficient (Wildman–Crippen LogP) is 2.90. The van der Waals surface area contributed by atoms with Gasteiger partial charge in [-0.15, -0.1) is 0 Å². The SMILES string of the molecule is COC(=O)c1ccc(OCCBr)c(Cl)c1. The van der Waals surface area contributed by atoms with Crippen LogP contribution in [0, 0.1) is 0 Å². The molecule has 82 valence electrons. The van der Waals surface area contributed by atoms with Gasteiger partial charge in [-0.3, -0.25) is 0 Å². The van der Waals surface area contributed by atoms with Gasteiger partial charge in [0.2, 0.25) is 0 Å². The van der Waals surface area contributed by atoms with Gasteiger partial charge in [-0.2, -0.15) is 0 Å². The minimum Gasteiger partial charge on any atom is -0.491 e. The zero-order chi connectivity index (χ0) is 11.3. The molecule has 0 spiro atoms. The maximum Gasteiger partial charge on any atom is 0.337 e. The summed E-state index contributed by atoms with van der Waals surface area (Å²) in [7, 11) is 1.32. The lowest BCUT2D eigenvalue weighted by molar-refractivity contribution is 0.0600. The molecule has 0 amide bonds. The van der Waals surface area contributed by atoms with Crippen LogP contribution in [0.3, 0.4) is 0 Å². The van der Waals surface area contributed by atoms with Crippen molar-refractivity contribution in [2.75, 3.05) is 19.0 Å². The van der Waals surface area contributed by atoms with Crippen LogP contribution < -0.4 is 4.74 Å². The highest BCUT2D eigenvalue weighted by atomic mass is 79.9. The Morgan fingerprint density at radius 3 is 2.80 bits per heavy atom. The van der Waals surface area contributed by atoms with E-state index in [-0.39, 0.29) is 0 Å². The number of carbonyl (C=O) groups excluding carboxylic acids is 1. The second-order valence-corrected chi connectivity index (χ2v) is 3.87. The molecule has 0 bridgehead atoms. The molecule has 0 atom stereocenters. The third-order valence-electron chi connectivity index (χ3n) is 1.69. The molecule has 0 N–H and O–H groups in total. The number of halogens is 2. The number of methoxy groups -OCH3 is 1. The van der Waals surface area contributed by atoms with Gasteiger partial charge in [-0.25, -0.2) is 4.79 Å². The van der Waals surface area contributed by atoms with Gasteiger partial charge in [0.15, 0.2) is 0 Å². The molecule has 0 aromatic heterocycles. The van der Waals surface area contributed by atoms with Gasteiger partial charge in [-0.05, 0) is 18.2 Å². The maximum absolute atomic E-state index is 11.2. The minimum absolute atomic E-state index is 0.402. The van der Waals surface area contributed by atoms with E-state index in [0.717, 1.165) is 5.33 Å². The molecule has 1 aromatic rings. The molecule has 0 aliphatic rings. The first-order valence-corrected chi connectivity index (χ1v) is 5.75. The van der Waals surface area contributed by atoms with E-state index in [1.54, 1.807) is 12.1 Å². The quantitative estimate of drug-likeness (QED) is 0.632. The second kappa shape index (κ2) is 5.98. The van der Waals surface area contributed by atoms with Crippen molar-refractivity contribution in [2.45, 2.75) is 0 Å². The summed E-state index contributed by atoms with van der Waals surface area (Å²) in [5, 5.41) is 1.13. The van der Waals surface area contributed by atoms with Crippen LogP contribution in [0.4, 0.5) is 0 Å². The van der Waals surface area contributed by atoms with E-state index in [4.69, 9.17) is 16.3 Å². The monoisotopic (exact) mass is 292 g/mol. The summed E-state index contributed by atoms with van der Waals surface area (Å²) in [6, 6.07) is 4.79. The van der Waals surface area contributed by atoms with Crippen LogP contribution in [0.5, 0.6) is 5.75 Å². The molecular formula is C10H10BrClO3. The zero-order valence-corrected chi connectivity index (χ0v) is 10.5. The van der Waals surface area contributed by atoms with Crippen molar-refractivity contribution in [3.05, 3.63) is 28.8 Å². The molecule has 0 aliphatic heterocycles. The third kappa shape index (κ3) is 3.39. The smallest absolute Gasteiger partial charge is 0.337 e. The Morgan fingerprint density at radius 2 is 2.27 bits per heavy atom. The Kier molecular flexibility index (Phi) is 4.91. The number of esters is 1. The molecule has 1 rings (SSSR count). The fourth-order valence-electron chi connectivity index (χ4n) is 1.01. The van der Waals surface area contributed by atoms with E-state index >= 15 is 0 Å². The number of carbonyl (C=O) groups is 1. The van der Waals surface area contributed by atoms with Crippen molar-refractivity contribution in [3.8, 4) is 5.75 Å². The number of ether oxygens (including phenoxy) is 2. The number of hydrogen-bond donors (Lipinski definition) is 0.